The van der Waals surface area contributed by atoms with Crippen molar-refractivity contribution in [1.29, 1.82) is 0 Å². The molecule has 1 aromatic rings. The van der Waals surface area contributed by atoms with Gasteiger partial charge in [-0.2, -0.15) is 13.2 Å². The van der Waals surface area contributed by atoms with Crippen LogP contribution in [-0.4, -0.2) is 75.3 Å². The summed E-state index contributed by atoms with van der Waals surface area (Å²) >= 11 is 0. The summed E-state index contributed by atoms with van der Waals surface area (Å²) in [5.74, 6) is 0.638. The molecule has 1 aliphatic rings. The van der Waals surface area contributed by atoms with E-state index in [0.29, 0.717) is 35.9 Å². The van der Waals surface area contributed by atoms with Gasteiger partial charge >= 0.3 is 6.18 Å². The Hall–Kier alpha value is -2.46. The number of aliphatic hydroxyl groups excluding tert-OH is 1. The van der Waals surface area contributed by atoms with Crippen LogP contribution in [0.2, 0.25) is 0 Å². The summed E-state index contributed by atoms with van der Waals surface area (Å²) in [6.45, 7) is 4.54. The van der Waals surface area contributed by atoms with E-state index in [4.69, 9.17) is 14.2 Å². The number of nitrogens with zero attached hydrogens (tertiary/aromatic N) is 2. The van der Waals surface area contributed by atoms with Crippen LogP contribution in [-0.2, 0) is 16.1 Å². The maximum absolute atomic E-state index is 12.7. The molecule has 10 heteroatoms. The molecule has 1 aromatic carbocycles. The van der Waals surface area contributed by atoms with Crippen molar-refractivity contribution >= 4 is 11.6 Å². The van der Waals surface area contributed by atoms with Crippen LogP contribution in [0.4, 0.5) is 18.9 Å². The first-order valence-corrected chi connectivity index (χ1v) is 9.90. The maximum atomic E-state index is 12.7. The van der Waals surface area contributed by atoms with Crippen molar-refractivity contribution in [3.05, 3.63) is 30.4 Å². The third-order valence-corrected chi connectivity index (χ3v) is 4.87. The van der Waals surface area contributed by atoms with Gasteiger partial charge in [0.15, 0.2) is 11.5 Å². The first kappa shape index (κ1) is 24.8. The van der Waals surface area contributed by atoms with Crippen molar-refractivity contribution < 1.29 is 37.3 Å². The lowest BCUT2D eigenvalue weighted by Gasteiger charge is -2.35. The molecule has 2 rings (SSSR count). The Labute approximate surface area is 180 Å². The van der Waals surface area contributed by atoms with Gasteiger partial charge in [0.25, 0.3) is 0 Å². The van der Waals surface area contributed by atoms with Crippen LogP contribution in [0.25, 0.3) is 0 Å². The van der Waals surface area contributed by atoms with E-state index < -0.39 is 18.7 Å². The number of hydrogen-bond acceptors (Lipinski definition) is 6. The summed E-state index contributed by atoms with van der Waals surface area (Å²) in [6, 6.07) is 3.36. The monoisotopic (exact) mass is 446 g/mol. The molecular weight excluding hydrogens is 417 g/mol. The third kappa shape index (κ3) is 7.03. The minimum absolute atomic E-state index is 0.0940. The van der Waals surface area contributed by atoms with Crippen LogP contribution in [0.5, 0.6) is 11.5 Å². The number of β-amino-alcohol motifs (C(OH)–C–C–N with tert-alkyl or cyclic N) is 1. The number of methoxy groups -OCH3 is 2. The number of rotatable bonds is 10. The Morgan fingerprint density at radius 3 is 2.65 bits per heavy atom. The fraction of sp³-hybridized carbons (Fsp3) is 0.571. The highest BCUT2D eigenvalue weighted by molar-refractivity contribution is 5.79. The Morgan fingerprint density at radius 1 is 1.29 bits per heavy atom. The van der Waals surface area contributed by atoms with Crippen molar-refractivity contribution in [1.82, 2.24) is 4.90 Å². The lowest BCUT2D eigenvalue weighted by molar-refractivity contribution is -0.152. The maximum Gasteiger partial charge on any atom is 0.391 e. The van der Waals surface area contributed by atoms with E-state index in [1.807, 2.05) is 0 Å². The summed E-state index contributed by atoms with van der Waals surface area (Å²) in [5.41, 5.74) is 1.17. The van der Waals surface area contributed by atoms with Crippen LogP contribution in [0, 0.1) is 0 Å². The SMILES string of the molecule is C=CCOc1c(OC)ccc2c1CN(CCOC)C(=O)CCN2CC(O)CC(F)(F)F. The zero-order chi connectivity index (χ0) is 23.0. The number of carbonyl (C=O) groups excluding carboxylic acids is 1. The second-order valence-corrected chi connectivity index (χ2v) is 7.17. The Kier molecular flexibility index (Phi) is 9.00. The first-order valence-electron chi connectivity index (χ1n) is 9.90. The number of amides is 1. The molecule has 0 bridgehead atoms. The fourth-order valence-corrected chi connectivity index (χ4v) is 3.48. The van der Waals surface area contributed by atoms with Crippen molar-refractivity contribution in [2.75, 3.05) is 52.0 Å². The van der Waals surface area contributed by atoms with Crippen molar-refractivity contribution in [3.8, 4) is 11.5 Å². The first-order chi connectivity index (χ1) is 14.7. The lowest BCUT2D eigenvalue weighted by Crippen LogP contribution is -2.42. The summed E-state index contributed by atoms with van der Waals surface area (Å²) in [7, 11) is 3.01. The highest BCUT2D eigenvalue weighted by atomic mass is 19.4. The Bertz CT molecular complexity index is 757. The van der Waals surface area contributed by atoms with E-state index in [1.165, 1.54) is 14.2 Å². The molecule has 0 radical (unpaired) electrons. The average molecular weight is 446 g/mol. The van der Waals surface area contributed by atoms with Crippen molar-refractivity contribution in [2.45, 2.75) is 31.7 Å². The van der Waals surface area contributed by atoms with Gasteiger partial charge in [0.1, 0.15) is 6.61 Å². The van der Waals surface area contributed by atoms with Crippen LogP contribution in [0.15, 0.2) is 24.8 Å². The van der Waals surface area contributed by atoms with Gasteiger partial charge in [-0.3, -0.25) is 4.79 Å². The predicted molar refractivity (Wildman–Crippen MR) is 109 cm³/mol. The van der Waals surface area contributed by atoms with Crippen molar-refractivity contribution in [3.63, 3.8) is 0 Å². The molecule has 0 aromatic heterocycles. The number of alkyl halides is 3. The van der Waals surface area contributed by atoms with Gasteiger partial charge in [-0.25, -0.2) is 0 Å². The summed E-state index contributed by atoms with van der Waals surface area (Å²) < 4.78 is 54.5. The number of halogens is 3. The second-order valence-electron chi connectivity index (χ2n) is 7.17. The lowest BCUT2D eigenvalue weighted by atomic mass is 10.0. The molecule has 7 nitrogen and oxygen atoms in total. The van der Waals surface area contributed by atoms with Crippen LogP contribution in [0.3, 0.4) is 0 Å². The molecule has 0 spiro atoms. The molecule has 174 valence electrons. The number of carbonyl (C=O) groups is 1. The van der Waals surface area contributed by atoms with E-state index in [1.54, 1.807) is 28.0 Å². The minimum Gasteiger partial charge on any atom is -0.493 e. The zero-order valence-corrected chi connectivity index (χ0v) is 17.8. The summed E-state index contributed by atoms with van der Waals surface area (Å²) in [4.78, 5) is 15.9. The molecule has 1 unspecified atom stereocenters. The van der Waals surface area contributed by atoms with Gasteiger partial charge in [-0.15, -0.1) is 0 Å². The number of benzene rings is 1. The van der Waals surface area contributed by atoms with E-state index in [9.17, 15) is 23.1 Å². The topological polar surface area (TPSA) is 71.5 Å². The fourth-order valence-electron chi connectivity index (χ4n) is 3.48. The van der Waals surface area contributed by atoms with Crippen molar-refractivity contribution in [2.24, 2.45) is 0 Å². The zero-order valence-electron chi connectivity index (χ0n) is 17.8. The van der Waals surface area contributed by atoms with Crippen LogP contribution < -0.4 is 14.4 Å². The Balaban J connectivity index is 2.48. The molecule has 0 fully saturated rings. The third-order valence-electron chi connectivity index (χ3n) is 4.87. The van der Waals surface area contributed by atoms with Gasteiger partial charge in [0, 0.05) is 44.4 Å². The number of aliphatic hydroxyl groups is 1. The summed E-state index contributed by atoms with van der Waals surface area (Å²) in [5, 5.41) is 10.0. The number of anilines is 1. The van der Waals surface area contributed by atoms with Gasteiger partial charge in [0.05, 0.1) is 32.8 Å². The highest BCUT2D eigenvalue weighted by Gasteiger charge is 2.33. The van der Waals surface area contributed by atoms with E-state index in [2.05, 4.69) is 6.58 Å². The number of hydrogen-bond donors (Lipinski definition) is 1. The standard InChI is InChI=1S/C21H29F3N2O5/c1-4-10-31-20-16-14-26(9-11-29-2)19(28)7-8-25(13-15(27)12-21(22,23)24)17(16)5-6-18(20)30-3/h4-6,15,27H,1,7-14H2,2-3H3. The minimum atomic E-state index is -4.49. The molecule has 1 amide bonds. The van der Waals surface area contributed by atoms with Crippen LogP contribution in [0.1, 0.15) is 18.4 Å². The molecule has 0 saturated heterocycles. The molecule has 1 heterocycles. The molecule has 1 N–H and O–H groups in total. The van der Waals surface area contributed by atoms with Gasteiger partial charge < -0.3 is 29.1 Å². The summed E-state index contributed by atoms with van der Waals surface area (Å²) in [6.07, 6.45) is -5.80. The average Bonchev–Trinajstić information content (AvgIpc) is 2.70. The van der Waals surface area contributed by atoms with E-state index in [-0.39, 0.29) is 38.6 Å². The molecule has 0 saturated carbocycles. The number of ether oxygens (including phenoxy) is 3. The van der Waals surface area contributed by atoms with Gasteiger partial charge in [-0.1, -0.05) is 12.7 Å². The van der Waals surface area contributed by atoms with Gasteiger partial charge in [-0.05, 0) is 12.1 Å². The second kappa shape index (κ2) is 11.2. The van der Waals surface area contributed by atoms with E-state index >= 15 is 0 Å². The highest BCUT2D eigenvalue weighted by Crippen LogP contribution is 2.40. The molecule has 0 aliphatic carbocycles. The predicted octanol–water partition coefficient (Wildman–Crippen LogP) is 2.76. The molecule has 1 aliphatic heterocycles. The Morgan fingerprint density at radius 2 is 2.03 bits per heavy atom. The molecular formula is C21H29F3N2O5. The largest absolute Gasteiger partial charge is 0.493 e. The smallest absolute Gasteiger partial charge is 0.391 e. The molecule has 31 heavy (non-hydrogen) atoms. The normalized spacial score (nSPS) is 15.7. The number of fused-ring (bicyclic) bond motifs is 1. The van der Waals surface area contributed by atoms with E-state index in [0.717, 1.165) is 0 Å². The molecule has 1 atom stereocenters. The van der Waals surface area contributed by atoms with Gasteiger partial charge in [0.2, 0.25) is 5.91 Å². The van der Waals surface area contributed by atoms with Crippen LogP contribution >= 0.6 is 0 Å². The quantitative estimate of drug-likeness (QED) is 0.558.